The van der Waals surface area contributed by atoms with Gasteiger partial charge in [0.05, 0.1) is 12.7 Å². The minimum Gasteiger partial charge on any atom is -0.341 e. The Morgan fingerprint density at radius 1 is 1.40 bits per heavy atom. The van der Waals surface area contributed by atoms with Crippen LogP contribution >= 0.6 is 0 Å². The molecule has 76 valence electrons. The highest BCUT2D eigenvalue weighted by Crippen LogP contribution is 2.31. The third-order valence-electron chi connectivity index (χ3n) is 2.36. The molecule has 1 aliphatic rings. The maximum absolute atomic E-state index is 11.4. The average molecular weight is 204 g/mol. The summed E-state index contributed by atoms with van der Waals surface area (Å²) in [6.07, 6.45) is 3.07. The zero-order chi connectivity index (χ0) is 10.4. The van der Waals surface area contributed by atoms with Gasteiger partial charge in [-0.25, -0.2) is 14.8 Å². The topological polar surface area (TPSA) is 90.9 Å². The molecule has 2 aromatic heterocycles. The minimum absolute atomic E-state index is 0.195. The molecular weight excluding hydrogens is 196 g/mol. The fourth-order valence-corrected chi connectivity index (χ4v) is 1.58. The van der Waals surface area contributed by atoms with Crippen LogP contribution in [0.5, 0.6) is 0 Å². The van der Waals surface area contributed by atoms with E-state index in [2.05, 4.69) is 25.3 Å². The van der Waals surface area contributed by atoms with Crippen molar-refractivity contribution in [3.8, 4) is 11.4 Å². The van der Waals surface area contributed by atoms with Crippen LogP contribution in [0.15, 0.2) is 16.1 Å². The number of fused-ring (bicyclic) bond motifs is 3. The van der Waals surface area contributed by atoms with E-state index in [0.717, 1.165) is 5.69 Å². The van der Waals surface area contributed by atoms with E-state index in [1.165, 1.54) is 10.9 Å². The van der Waals surface area contributed by atoms with Crippen LogP contribution in [0.2, 0.25) is 0 Å². The van der Waals surface area contributed by atoms with E-state index < -0.39 is 0 Å². The second-order valence-corrected chi connectivity index (χ2v) is 3.22. The minimum atomic E-state index is -0.195. The van der Waals surface area contributed by atoms with E-state index in [-0.39, 0.29) is 5.69 Å². The lowest BCUT2D eigenvalue weighted by Crippen LogP contribution is -2.12. The smallest absolute Gasteiger partial charge is 0.327 e. The Morgan fingerprint density at radius 2 is 2.27 bits per heavy atom. The maximum atomic E-state index is 11.4. The highest BCUT2D eigenvalue weighted by atomic mass is 16.1. The maximum Gasteiger partial charge on any atom is 0.327 e. The van der Waals surface area contributed by atoms with Gasteiger partial charge in [0.1, 0.15) is 11.4 Å². The second-order valence-electron chi connectivity index (χ2n) is 3.22. The normalized spacial score (nSPS) is 12.9. The van der Waals surface area contributed by atoms with Gasteiger partial charge in [0.15, 0.2) is 11.6 Å². The van der Waals surface area contributed by atoms with Crippen molar-refractivity contribution in [3.63, 3.8) is 0 Å². The summed E-state index contributed by atoms with van der Waals surface area (Å²) in [4.78, 5) is 25.3. The number of aliphatic imine (C=N–C) groups is 1. The molecule has 0 bridgehead atoms. The molecular formula is C8H8N6O. The fourth-order valence-electron chi connectivity index (χ4n) is 1.58. The molecule has 2 aromatic rings. The van der Waals surface area contributed by atoms with Gasteiger partial charge in [0.25, 0.3) is 0 Å². The first-order chi connectivity index (χ1) is 7.27. The van der Waals surface area contributed by atoms with Crippen molar-refractivity contribution in [1.29, 1.82) is 0 Å². The highest BCUT2D eigenvalue weighted by molar-refractivity contribution is 5.89. The number of rotatable bonds is 0. The molecule has 0 radical (unpaired) electrons. The van der Waals surface area contributed by atoms with E-state index in [9.17, 15) is 4.79 Å². The summed E-state index contributed by atoms with van der Waals surface area (Å²) in [5.74, 6) is 1.23. The molecule has 0 unspecified atom stereocenters. The van der Waals surface area contributed by atoms with Gasteiger partial charge >= 0.3 is 5.69 Å². The van der Waals surface area contributed by atoms with Crippen molar-refractivity contribution < 1.29 is 0 Å². The summed E-state index contributed by atoms with van der Waals surface area (Å²) in [6, 6.07) is 0. The molecule has 0 spiro atoms. The van der Waals surface area contributed by atoms with Crippen molar-refractivity contribution in [2.75, 3.05) is 5.32 Å². The van der Waals surface area contributed by atoms with Gasteiger partial charge in [-0.15, -0.1) is 0 Å². The summed E-state index contributed by atoms with van der Waals surface area (Å²) >= 11 is 0. The molecule has 3 N–H and O–H groups in total. The number of anilines is 1. The van der Waals surface area contributed by atoms with Crippen LogP contribution in [0.3, 0.4) is 0 Å². The van der Waals surface area contributed by atoms with Gasteiger partial charge in [-0.05, 0) is 0 Å². The molecule has 0 aliphatic carbocycles. The van der Waals surface area contributed by atoms with Crippen molar-refractivity contribution in [1.82, 2.24) is 19.5 Å². The molecule has 7 nitrogen and oxygen atoms in total. The third-order valence-corrected chi connectivity index (χ3v) is 2.36. The van der Waals surface area contributed by atoms with Gasteiger partial charge in [0, 0.05) is 7.05 Å². The average Bonchev–Trinajstić information content (AvgIpc) is 2.73. The number of aromatic amines is 2. The van der Waals surface area contributed by atoms with Crippen LogP contribution in [0.25, 0.3) is 11.4 Å². The molecule has 3 heterocycles. The van der Waals surface area contributed by atoms with Crippen LogP contribution in [0, 0.1) is 0 Å². The largest absolute Gasteiger partial charge is 0.341 e. The molecule has 15 heavy (non-hydrogen) atoms. The Bertz CT molecular complexity index is 601. The highest BCUT2D eigenvalue weighted by Gasteiger charge is 2.19. The van der Waals surface area contributed by atoms with E-state index in [1.54, 1.807) is 13.4 Å². The molecule has 0 amide bonds. The summed E-state index contributed by atoms with van der Waals surface area (Å²) in [5, 5.41) is 2.92. The lowest BCUT2D eigenvalue weighted by atomic mass is 10.3. The first-order valence-corrected chi connectivity index (χ1v) is 4.39. The predicted octanol–water partition coefficient (Wildman–Crippen LogP) is 0.189. The molecule has 7 heteroatoms. The molecule has 0 aromatic carbocycles. The van der Waals surface area contributed by atoms with E-state index in [4.69, 9.17) is 0 Å². The van der Waals surface area contributed by atoms with Crippen molar-refractivity contribution in [2.45, 2.75) is 0 Å². The summed E-state index contributed by atoms with van der Waals surface area (Å²) in [7, 11) is 1.66. The SMILES string of the molecule is Cn1c2c([nH]c1=O)-c1[nH]cnc1NC=N2. The number of aromatic nitrogens is 4. The van der Waals surface area contributed by atoms with Gasteiger partial charge < -0.3 is 15.3 Å². The molecule has 0 saturated heterocycles. The molecule has 3 rings (SSSR count). The Hall–Kier alpha value is -2.31. The zero-order valence-corrected chi connectivity index (χ0v) is 7.90. The Balaban J connectivity index is 2.40. The molecule has 0 atom stereocenters. The number of imidazole rings is 2. The van der Waals surface area contributed by atoms with Crippen LogP contribution in [0.4, 0.5) is 11.6 Å². The summed E-state index contributed by atoms with van der Waals surface area (Å²) in [5.41, 5.74) is 1.19. The van der Waals surface area contributed by atoms with Crippen LogP contribution in [-0.4, -0.2) is 25.9 Å². The Kier molecular flexibility index (Phi) is 1.39. The van der Waals surface area contributed by atoms with Crippen molar-refractivity contribution >= 4 is 18.0 Å². The molecule has 0 saturated carbocycles. The van der Waals surface area contributed by atoms with Crippen LogP contribution in [0.1, 0.15) is 0 Å². The van der Waals surface area contributed by atoms with Gasteiger partial charge in [-0.3, -0.25) is 4.57 Å². The van der Waals surface area contributed by atoms with Crippen LogP contribution < -0.4 is 11.0 Å². The number of hydrogen-bond acceptors (Lipinski definition) is 4. The number of hydrogen-bond donors (Lipinski definition) is 3. The standard InChI is InChI=1S/C8H8N6O/c1-14-7-5(13-8(14)15)4-6(10-2-9-4)11-3-12-7/h2-3H,1H3,(H,9,10)(H,11,12)(H,13,15). The second kappa shape index (κ2) is 2.59. The van der Waals surface area contributed by atoms with Gasteiger partial charge in [0.2, 0.25) is 0 Å². The van der Waals surface area contributed by atoms with Gasteiger partial charge in [-0.1, -0.05) is 0 Å². The number of nitrogens with zero attached hydrogens (tertiary/aromatic N) is 3. The first-order valence-electron chi connectivity index (χ1n) is 4.39. The first kappa shape index (κ1) is 8.04. The number of nitrogens with one attached hydrogen (secondary N) is 3. The van der Waals surface area contributed by atoms with E-state index in [1.807, 2.05) is 0 Å². The van der Waals surface area contributed by atoms with E-state index >= 15 is 0 Å². The lowest BCUT2D eigenvalue weighted by molar-refractivity contribution is 0.863. The van der Waals surface area contributed by atoms with Crippen molar-refractivity contribution in [2.24, 2.45) is 12.0 Å². The van der Waals surface area contributed by atoms with E-state index in [0.29, 0.717) is 17.3 Å². The molecule has 1 aliphatic heterocycles. The summed E-state index contributed by atoms with van der Waals surface area (Å²) < 4.78 is 1.45. The zero-order valence-electron chi connectivity index (χ0n) is 7.90. The summed E-state index contributed by atoms with van der Waals surface area (Å²) in [6.45, 7) is 0. The molecule has 0 fully saturated rings. The Labute approximate surface area is 83.9 Å². The number of H-pyrrole nitrogens is 2. The fraction of sp³-hybridized carbons (Fsp3) is 0.125. The monoisotopic (exact) mass is 204 g/mol. The quantitative estimate of drug-likeness (QED) is 0.572. The lowest BCUT2D eigenvalue weighted by Gasteiger charge is -1.95. The van der Waals surface area contributed by atoms with Crippen molar-refractivity contribution in [3.05, 3.63) is 16.8 Å². The predicted molar refractivity (Wildman–Crippen MR) is 55.4 cm³/mol. The Morgan fingerprint density at radius 3 is 3.13 bits per heavy atom. The third kappa shape index (κ3) is 0.967. The van der Waals surface area contributed by atoms with Crippen LogP contribution in [-0.2, 0) is 7.05 Å². The van der Waals surface area contributed by atoms with Gasteiger partial charge in [-0.2, -0.15) is 0 Å².